The van der Waals surface area contributed by atoms with E-state index in [9.17, 15) is 4.79 Å². The SMILES string of the molecule is CNC(=O)C1COCCN1Cc1ccccc1CN. The summed E-state index contributed by atoms with van der Waals surface area (Å²) in [4.78, 5) is 14.0. The van der Waals surface area contributed by atoms with Gasteiger partial charge in [-0.2, -0.15) is 0 Å². The number of amides is 1. The van der Waals surface area contributed by atoms with Gasteiger partial charge in [0.15, 0.2) is 0 Å². The Labute approximate surface area is 113 Å². The first kappa shape index (κ1) is 14.0. The van der Waals surface area contributed by atoms with Crippen LogP contribution in [0.3, 0.4) is 0 Å². The molecule has 1 aromatic rings. The van der Waals surface area contributed by atoms with Crippen molar-refractivity contribution in [3.63, 3.8) is 0 Å². The molecule has 1 aliphatic rings. The molecule has 0 bridgehead atoms. The van der Waals surface area contributed by atoms with Crippen molar-refractivity contribution in [2.75, 3.05) is 26.8 Å². The molecule has 1 heterocycles. The van der Waals surface area contributed by atoms with Crippen molar-refractivity contribution in [2.24, 2.45) is 5.73 Å². The van der Waals surface area contributed by atoms with Crippen LogP contribution >= 0.6 is 0 Å². The van der Waals surface area contributed by atoms with E-state index in [2.05, 4.69) is 16.3 Å². The molecule has 1 aliphatic heterocycles. The lowest BCUT2D eigenvalue weighted by molar-refractivity contribution is -0.132. The molecule has 3 N–H and O–H groups in total. The molecule has 1 aromatic carbocycles. The lowest BCUT2D eigenvalue weighted by Gasteiger charge is -2.34. The van der Waals surface area contributed by atoms with Crippen molar-refractivity contribution < 1.29 is 9.53 Å². The summed E-state index contributed by atoms with van der Waals surface area (Å²) < 4.78 is 5.40. The summed E-state index contributed by atoms with van der Waals surface area (Å²) in [6.45, 7) is 3.12. The summed E-state index contributed by atoms with van der Waals surface area (Å²) >= 11 is 0. The Kier molecular flexibility index (Phi) is 4.90. The third-order valence-electron chi connectivity index (χ3n) is 3.50. The topological polar surface area (TPSA) is 67.6 Å². The molecule has 0 aliphatic carbocycles. The standard InChI is InChI=1S/C14H21N3O2/c1-16-14(18)13-10-19-7-6-17(13)9-12-5-3-2-4-11(12)8-15/h2-5,13H,6-10,15H2,1H3,(H,16,18). The lowest BCUT2D eigenvalue weighted by Crippen LogP contribution is -2.52. The monoisotopic (exact) mass is 263 g/mol. The summed E-state index contributed by atoms with van der Waals surface area (Å²) in [5, 5.41) is 2.69. The van der Waals surface area contributed by atoms with Gasteiger partial charge in [0.1, 0.15) is 6.04 Å². The van der Waals surface area contributed by atoms with Gasteiger partial charge in [0.05, 0.1) is 13.2 Å². The number of nitrogens with zero attached hydrogens (tertiary/aromatic N) is 1. The predicted octanol–water partition coefficient (Wildman–Crippen LogP) is 0.0921. The summed E-state index contributed by atoms with van der Waals surface area (Å²) in [6, 6.07) is 7.87. The lowest BCUT2D eigenvalue weighted by atomic mass is 10.1. The van der Waals surface area contributed by atoms with Crippen LogP contribution in [-0.2, 0) is 22.6 Å². The highest BCUT2D eigenvalue weighted by Gasteiger charge is 2.28. The Hall–Kier alpha value is -1.43. The number of nitrogens with two attached hydrogens (primary N) is 1. The number of carbonyl (C=O) groups is 1. The molecule has 5 heteroatoms. The van der Waals surface area contributed by atoms with Gasteiger partial charge in [-0.25, -0.2) is 0 Å². The quantitative estimate of drug-likeness (QED) is 0.808. The highest BCUT2D eigenvalue weighted by atomic mass is 16.5. The number of ether oxygens (including phenoxy) is 1. The highest BCUT2D eigenvalue weighted by molar-refractivity contribution is 5.81. The molecule has 1 saturated heterocycles. The van der Waals surface area contributed by atoms with Crippen LogP contribution in [0.4, 0.5) is 0 Å². The third-order valence-corrected chi connectivity index (χ3v) is 3.50. The van der Waals surface area contributed by atoms with E-state index in [-0.39, 0.29) is 11.9 Å². The van der Waals surface area contributed by atoms with Crippen molar-refractivity contribution in [1.29, 1.82) is 0 Å². The van der Waals surface area contributed by atoms with Gasteiger partial charge in [-0.05, 0) is 11.1 Å². The van der Waals surface area contributed by atoms with Crippen LogP contribution in [0, 0.1) is 0 Å². The first-order valence-corrected chi connectivity index (χ1v) is 6.56. The van der Waals surface area contributed by atoms with E-state index < -0.39 is 0 Å². The average Bonchev–Trinajstić information content (AvgIpc) is 2.47. The van der Waals surface area contributed by atoms with Crippen LogP contribution in [0.25, 0.3) is 0 Å². The Morgan fingerprint density at radius 2 is 2.21 bits per heavy atom. The van der Waals surface area contributed by atoms with Crippen molar-refractivity contribution in [3.05, 3.63) is 35.4 Å². The molecular weight excluding hydrogens is 242 g/mol. The van der Waals surface area contributed by atoms with E-state index in [4.69, 9.17) is 10.5 Å². The molecule has 2 rings (SSSR count). The molecule has 0 aromatic heterocycles. The maximum Gasteiger partial charge on any atom is 0.239 e. The van der Waals surface area contributed by atoms with E-state index in [1.807, 2.05) is 18.2 Å². The Bertz CT molecular complexity index is 436. The minimum Gasteiger partial charge on any atom is -0.378 e. The summed E-state index contributed by atoms with van der Waals surface area (Å²) in [5.41, 5.74) is 8.06. The van der Waals surface area contributed by atoms with Crippen LogP contribution in [0.5, 0.6) is 0 Å². The second-order valence-electron chi connectivity index (χ2n) is 4.65. The first-order chi connectivity index (χ1) is 9.26. The smallest absolute Gasteiger partial charge is 0.239 e. The summed E-state index contributed by atoms with van der Waals surface area (Å²) in [7, 11) is 1.66. The zero-order valence-electron chi connectivity index (χ0n) is 11.3. The van der Waals surface area contributed by atoms with E-state index in [0.717, 1.165) is 18.7 Å². The maximum atomic E-state index is 11.9. The van der Waals surface area contributed by atoms with Gasteiger partial charge in [0.25, 0.3) is 0 Å². The fraction of sp³-hybridized carbons (Fsp3) is 0.500. The highest BCUT2D eigenvalue weighted by Crippen LogP contribution is 2.15. The molecule has 0 saturated carbocycles. The van der Waals surface area contributed by atoms with Crippen LogP contribution in [0.1, 0.15) is 11.1 Å². The van der Waals surface area contributed by atoms with Crippen molar-refractivity contribution in [3.8, 4) is 0 Å². The number of carbonyl (C=O) groups excluding carboxylic acids is 1. The van der Waals surface area contributed by atoms with Gasteiger partial charge in [0, 0.05) is 26.7 Å². The fourth-order valence-corrected chi connectivity index (χ4v) is 2.37. The van der Waals surface area contributed by atoms with Crippen molar-refractivity contribution >= 4 is 5.91 Å². The molecular formula is C14H21N3O2. The van der Waals surface area contributed by atoms with Gasteiger partial charge in [-0.3, -0.25) is 9.69 Å². The molecule has 19 heavy (non-hydrogen) atoms. The van der Waals surface area contributed by atoms with Gasteiger partial charge < -0.3 is 15.8 Å². The molecule has 0 radical (unpaired) electrons. The molecule has 1 unspecified atom stereocenters. The minimum absolute atomic E-state index is 0.00456. The van der Waals surface area contributed by atoms with E-state index in [0.29, 0.717) is 19.8 Å². The number of rotatable bonds is 4. The van der Waals surface area contributed by atoms with Gasteiger partial charge in [0.2, 0.25) is 5.91 Å². The number of morpholine rings is 1. The van der Waals surface area contributed by atoms with E-state index in [1.54, 1.807) is 7.05 Å². The second-order valence-corrected chi connectivity index (χ2v) is 4.65. The zero-order valence-corrected chi connectivity index (χ0v) is 11.3. The van der Waals surface area contributed by atoms with E-state index >= 15 is 0 Å². The molecule has 1 amide bonds. The molecule has 0 spiro atoms. The Morgan fingerprint density at radius 3 is 2.89 bits per heavy atom. The number of hydrogen-bond acceptors (Lipinski definition) is 4. The van der Waals surface area contributed by atoms with Crippen molar-refractivity contribution in [2.45, 2.75) is 19.1 Å². The van der Waals surface area contributed by atoms with Crippen LogP contribution in [-0.4, -0.2) is 43.7 Å². The van der Waals surface area contributed by atoms with Crippen LogP contribution in [0.15, 0.2) is 24.3 Å². The molecule has 104 valence electrons. The van der Waals surface area contributed by atoms with Gasteiger partial charge in [-0.1, -0.05) is 24.3 Å². The van der Waals surface area contributed by atoms with Gasteiger partial charge in [-0.15, -0.1) is 0 Å². The molecule has 5 nitrogen and oxygen atoms in total. The van der Waals surface area contributed by atoms with Crippen molar-refractivity contribution in [1.82, 2.24) is 10.2 Å². The van der Waals surface area contributed by atoms with Crippen LogP contribution < -0.4 is 11.1 Å². The minimum atomic E-state index is -0.218. The number of likely N-dealkylation sites (N-methyl/N-ethyl adjacent to an activating group) is 1. The summed E-state index contributed by atoms with van der Waals surface area (Å²) in [5.74, 6) is 0.00456. The van der Waals surface area contributed by atoms with Gasteiger partial charge >= 0.3 is 0 Å². The normalized spacial score (nSPS) is 20.2. The summed E-state index contributed by atoms with van der Waals surface area (Å²) in [6.07, 6.45) is 0. The maximum absolute atomic E-state index is 11.9. The van der Waals surface area contributed by atoms with E-state index in [1.165, 1.54) is 5.56 Å². The number of nitrogens with one attached hydrogen (secondary N) is 1. The predicted molar refractivity (Wildman–Crippen MR) is 73.4 cm³/mol. The van der Waals surface area contributed by atoms with Crippen LogP contribution in [0.2, 0.25) is 0 Å². The molecule has 1 fully saturated rings. The zero-order chi connectivity index (χ0) is 13.7. The second kappa shape index (κ2) is 6.65. The number of hydrogen-bond donors (Lipinski definition) is 2. The Balaban J connectivity index is 2.13. The largest absolute Gasteiger partial charge is 0.378 e. The first-order valence-electron chi connectivity index (χ1n) is 6.56. The molecule has 1 atom stereocenters. The fourth-order valence-electron chi connectivity index (χ4n) is 2.37. The average molecular weight is 263 g/mol. The third kappa shape index (κ3) is 3.32. The Morgan fingerprint density at radius 1 is 1.47 bits per heavy atom. The number of benzene rings is 1.